The molecule has 1 rings (SSSR count). The molecule has 0 N–H and O–H groups in total. The van der Waals surface area contributed by atoms with Gasteiger partial charge in [-0.2, -0.15) is 0 Å². The van der Waals surface area contributed by atoms with Crippen molar-refractivity contribution in [2.45, 2.75) is 71.4 Å². The van der Waals surface area contributed by atoms with Gasteiger partial charge in [-0.05, 0) is 25.4 Å². The van der Waals surface area contributed by atoms with Crippen LogP contribution in [0.5, 0.6) is 0 Å². The van der Waals surface area contributed by atoms with Crippen LogP contribution in [0.3, 0.4) is 0 Å². The Morgan fingerprint density at radius 3 is 2.06 bits per heavy atom. The normalized spacial score (nSPS) is 23.0. The molecular weight excluding hydrogens is 256 g/mol. The highest BCUT2D eigenvalue weighted by Gasteiger charge is 2.43. The van der Waals surface area contributed by atoms with E-state index in [9.17, 15) is 4.79 Å². The van der Waals surface area contributed by atoms with Crippen molar-refractivity contribution in [2.75, 3.05) is 0 Å². The molecule has 18 heavy (non-hydrogen) atoms. The van der Waals surface area contributed by atoms with Gasteiger partial charge >= 0.3 is 0 Å². The van der Waals surface area contributed by atoms with Gasteiger partial charge < -0.3 is 4.34 Å². The van der Waals surface area contributed by atoms with E-state index in [-0.39, 0.29) is 5.78 Å². The van der Waals surface area contributed by atoms with Gasteiger partial charge in [-0.15, -0.1) is 0 Å². The van der Waals surface area contributed by atoms with Gasteiger partial charge in [-0.1, -0.05) is 39.5 Å². The molecule has 1 aliphatic heterocycles. The summed E-state index contributed by atoms with van der Waals surface area (Å²) in [5.41, 5.74) is 1.07. The Kier molecular flexibility index (Phi) is 4.94. The van der Waals surface area contributed by atoms with Crippen LogP contribution in [0.4, 0.5) is 0 Å². The number of hydrogen-bond donors (Lipinski definition) is 0. The number of hydrazone groups is 1. The maximum atomic E-state index is 11.3. The summed E-state index contributed by atoms with van der Waals surface area (Å²) in [7, 11) is -2.78. The molecule has 0 aromatic carbocycles. The van der Waals surface area contributed by atoms with Crippen molar-refractivity contribution >= 4 is 28.0 Å². The molecule has 0 spiro atoms. The number of ketones is 1. The molecule has 0 amide bonds. The predicted octanol–water partition coefficient (Wildman–Crippen LogP) is 3.85. The third-order valence-corrected chi connectivity index (χ3v) is 13.1. The summed E-state index contributed by atoms with van der Waals surface area (Å²) in [6.07, 6.45) is 2.80. The van der Waals surface area contributed by atoms with Gasteiger partial charge in [0.1, 0.15) is 5.78 Å². The van der Waals surface area contributed by atoms with Crippen molar-refractivity contribution in [3.63, 3.8) is 0 Å². The summed E-state index contributed by atoms with van der Waals surface area (Å²) in [4.78, 5) is 11.3. The van der Waals surface area contributed by atoms with Gasteiger partial charge in [-0.3, -0.25) is 4.79 Å². The van der Waals surface area contributed by atoms with Crippen LogP contribution in [0, 0.1) is 0 Å². The number of Topliss-reactive ketones (excluding diaryl/α,β-unsaturated/α-hetero) is 1. The number of rotatable bonds is 4. The number of carbonyl (C=O) groups is 1. The minimum atomic E-state index is -1.39. The van der Waals surface area contributed by atoms with E-state index < -0.39 is 16.5 Å². The Morgan fingerprint density at radius 2 is 1.67 bits per heavy atom. The number of hydrogen-bond acceptors (Lipinski definition) is 3. The molecule has 1 aliphatic rings. The molecule has 0 bridgehead atoms. The lowest BCUT2D eigenvalue weighted by molar-refractivity contribution is -0.115. The van der Waals surface area contributed by atoms with Gasteiger partial charge in [0.25, 0.3) is 0 Å². The van der Waals surface area contributed by atoms with E-state index in [2.05, 4.69) is 37.5 Å². The van der Waals surface area contributed by atoms with Crippen molar-refractivity contribution in [1.82, 2.24) is 4.34 Å². The lowest BCUT2D eigenvalue weighted by atomic mass is 10.2. The minimum absolute atomic E-state index is 0.228. The topological polar surface area (TPSA) is 32.7 Å². The summed E-state index contributed by atoms with van der Waals surface area (Å²) < 4.78 is 2.52. The molecule has 1 fully saturated rings. The second-order valence-corrected chi connectivity index (χ2v) is 16.2. The molecule has 3 nitrogen and oxygen atoms in total. The van der Waals surface area contributed by atoms with Crippen LogP contribution in [0.2, 0.25) is 38.3 Å². The van der Waals surface area contributed by atoms with E-state index in [4.69, 9.17) is 5.10 Å². The minimum Gasteiger partial charge on any atom is -0.349 e. The second-order valence-electron chi connectivity index (χ2n) is 6.69. The Labute approximate surface area is 114 Å². The third-order valence-electron chi connectivity index (χ3n) is 3.83. The van der Waals surface area contributed by atoms with E-state index in [1.54, 1.807) is 6.92 Å². The van der Waals surface area contributed by atoms with Gasteiger partial charge in [0.05, 0.1) is 0 Å². The fraction of sp³-hybridized carbons (Fsp3) is 0.846. The van der Waals surface area contributed by atoms with Crippen molar-refractivity contribution in [2.24, 2.45) is 5.10 Å². The number of nitrogens with zero attached hydrogens (tertiary/aromatic N) is 2. The SMILES string of the molecule is CCC(CC(C)=O)=NN1[Si](C)(C)CCC[Si]1(C)C. The zero-order chi connectivity index (χ0) is 14.0. The molecular formula is C13H28N2OSi2. The Hall–Kier alpha value is -0.426. The first-order valence-corrected chi connectivity index (χ1v) is 13.4. The molecule has 0 saturated carbocycles. The summed E-state index contributed by atoms with van der Waals surface area (Å²) in [5, 5.41) is 4.95. The maximum absolute atomic E-state index is 11.3. The van der Waals surface area contributed by atoms with Gasteiger partial charge in [0, 0.05) is 12.1 Å². The molecule has 1 saturated heterocycles. The van der Waals surface area contributed by atoms with E-state index in [0.29, 0.717) is 6.42 Å². The molecule has 0 radical (unpaired) electrons. The zero-order valence-electron chi connectivity index (χ0n) is 12.8. The fourth-order valence-electron chi connectivity index (χ4n) is 2.92. The van der Waals surface area contributed by atoms with Gasteiger partial charge in [0.15, 0.2) is 16.5 Å². The largest absolute Gasteiger partial charge is 0.349 e. The summed E-state index contributed by atoms with van der Waals surface area (Å²) in [6.45, 7) is 13.5. The molecule has 0 unspecified atom stereocenters. The lowest BCUT2D eigenvalue weighted by Crippen LogP contribution is -2.62. The van der Waals surface area contributed by atoms with Crippen LogP contribution in [0.1, 0.15) is 33.1 Å². The van der Waals surface area contributed by atoms with Crippen LogP contribution in [0.15, 0.2) is 5.10 Å². The highest BCUT2D eigenvalue weighted by molar-refractivity contribution is 6.91. The van der Waals surface area contributed by atoms with Crippen molar-refractivity contribution in [1.29, 1.82) is 0 Å². The van der Waals surface area contributed by atoms with Crippen LogP contribution in [-0.2, 0) is 4.79 Å². The van der Waals surface area contributed by atoms with Crippen LogP contribution < -0.4 is 0 Å². The van der Waals surface area contributed by atoms with Gasteiger partial charge in [-0.25, -0.2) is 5.10 Å². The average Bonchev–Trinajstić information content (AvgIpc) is 2.20. The molecule has 0 aromatic heterocycles. The Morgan fingerprint density at radius 1 is 1.17 bits per heavy atom. The molecule has 0 aliphatic carbocycles. The first-order chi connectivity index (χ1) is 8.19. The van der Waals surface area contributed by atoms with Crippen molar-refractivity contribution in [3.05, 3.63) is 0 Å². The smallest absolute Gasteiger partial charge is 0.161 e. The Balaban J connectivity index is 3.01. The first-order valence-electron chi connectivity index (χ1n) is 7.05. The standard InChI is InChI=1S/C13H28N2OSi2/c1-7-13(11-12(2)16)14-15-17(3,4)9-8-10-18(15,5)6/h7-11H2,1-6H3. The quantitative estimate of drug-likeness (QED) is 0.580. The van der Waals surface area contributed by atoms with E-state index in [1.807, 2.05) is 0 Å². The number of carbonyl (C=O) groups excluding carboxylic acids is 1. The van der Waals surface area contributed by atoms with Crippen molar-refractivity contribution < 1.29 is 4.79 Å². The molecule has 1 heterocycles. The average molecular weight is 285 g/mol. The maximum Gasteiger partial charge on any atom is 0.161 e. The van der Waals surface area contributed by atoms with Crippen LogP contribution >= 0.6 is 0 Å². The monoisotopic (exact) mass is 284 g/mol. The summed E-state index contributed by atoms with van der Waals surface area (Å²) >= 11 is 0. The van der Waals surface area contributed by atoms with Crippen molar-refractivity contribution in [3.8, 4) is 0 Å². The Bertz CT molecular complexity index is 335. The summed E-state index contributed by atoms with van der Waals surface area (Å²) in [6, 6.07) is 2.67. The molecule has 104 valence electrons. The fourth-order valence-corrected chi connectivity index (χ4v) is 13.8. The molecule has 0 aromatic rings. The van der Waals surface area contributed by atoms with E-state index >= 15 is 0 Å². The molecule has 0 atom stereocenters. The van der Waals surface area contributed by atoms with E-state index in [1.165, 1.54) is 18.5 Å². The second kappa shape index (κ2) is 5.69. The van der Waals surface area contributed by atoms with Gasteiger partial charge in [0.2, 0.25) is 0 Å². The summed E-state index contributed by atoms with van der Waals surface area (Å²) in [5.74, 6) is 0.228. The lowest BCUT2D eigenvalue weighted by Gasteiger charge is -2.49. The first kappa shape index (κ1) is 15.6. The third kappa shape index (κ3) is 3.78. The van der Waals surface area contributed by atoms with E-state index in [0.717, 1.165) is 12.1 Å². The predicted molar refractivity (Wildman–Crippen MR) is 84.1 cm³/mol. The highest BCUT2D eigenvalue weighted by atomic mass is 28.4. The van der Waals surface area contributed by atoms with Crippen LogP contribution in [-0.4, -0.2) is 32.3 Å². The highest BCUT2D eigenvalue weighted by Crippen LogP contribution is 2.35. The zero-order valence-corrected chi connectivity index (χ0v) is 14.8. The molecule has 5 heteroatoms. The van der Waals surface area contributed by atoms with Crippen LogP contribution in [0.25, 0.3) is 0 Å².